The predicted molar refractivity (Wildman–Crippen MR) is 88.0 cm³/mol. The number of carbonyl (C=O) groups excluding carboxylic acids is 1. The standard InChI is InChI=1S/C15H15IN2O4/c1-9(15(19)20-2)22-10-3-4-11-12(7-10)21-6-5-18-8-13(16)17-14(11)18/h3-4,7-9H,5-6H2,1-2H3/t9-/m0/s1. The largest absolute Gasteiger partial charge is 0.491 e. The maximum Gasteiger partial charge on any atom is 0.346 e. The minimum Gasteiger partial charge on any atom is -0.491 e. The second kappa shape index (κ2) is 6.15. The highest BCUT2D eigenvalue weighted by molar-refractivity contribution is 14.1. The van der Waals surface area contributed by atoms with Crippen LogP contribution in [0.2, 0.25) is 0 Å². The van der Waals surface area contributed by atoms with E-state index < -0.39 is 12.1 Å². The number of rotatable bonds is 3. The summed E-state index contributed by atoms with van der Waals surface area (Å²) in [7, 11) is 1.34. The van der Waals surface area contributed by atoms with E-state index in [9.17, 15) is 4.79 Å². The number of hydrogen-bond acceptors (Lipinski definition) is 5. The highest BCUT2D eigenvalue weighted by Crippen LogP contribution is 2.35. The molecule has 3 rings (SSSR count). The average Bonchev–Trinajstić information content (AvgIpc) is 2.79. The van der Waals surface area contributed by atoms with Crippen molar-refractivity contribution in [1.82, 2.24) is 9.55 Å². The van der Waals surface area contributed by atoms with E-state index in [1.165, 1.54) is 7.11 Å². The summed E-state index contributed by atoms with van der Waals surface area (Å²) in [5.74, 6) is 1.73. The summed E-state index contributed by atoms with van der Waals surface area (Å²) in [4.78, 5) is 16.0. The molecule has 0 saturated carbocycles. The zero-order valence-corrected chi connectivity index (χ0v) is 14.4. The zero-order chi connectivity index (χ0) is 15.7. The van der Waals surface area contributed by atoms with Crippen molar-refractivity contribution >= 4 is 28.6 Å². The topological polar surface area (TPSA) is 62.6 Å². The smallest absolute Gasteiger partial charge is 0.346 e. The van der Waals surface area contributed by atoms with E-state index in [1.807, 2.05) is 12.3 Å². The SMILES string of the molecule is COC(=O)[C@H](C)Oc1ccc2c(c1)OCCn1cc(I)nc1-2. The zero-order valence-electron chi connectivity index (χ0n) is 12.2. The van der Waals surface area contributed by atoms with Crippen LogP contribution in [0.1, 0.15) is 6.92 Å². The molecular weight excluding hydrogens is 399 g/mol. The molecule has 0 N–H and O–H groups in total. The Hall–Kier alpha value is -1.77. The normalized spacial score (nSPS) is 14.1. The molecule has 0 unspecified atom stereocenters. The summed E-state index contributed by atoms with van der Waals surface area (Å²) in [5.41, 5.74) is 0.915. The van der Waals surface area contributed by atoms with Gasteiger partial charge in [0.2, 0.25) is 0 Å². The molecule has 0 saturated heterocycles. The first-order chi connectivity index (χ1) is 10.6. The van der Waals surface area contributed by atoms with Gasteiger partial charge in [-0.15, -0.1) is 0 Å². The average molecular weight is 414 g/mol. The van der Waals surface area contributed by atoms with Gasteiger partial charge in [-0.3, -0.25) is 0 Å². The van der Waals surface area contributed by atoms with Crippen molar-refractivity contribution in [3.05, 3.63) is 28.1 Å². The third-order valence-electron chi connectivity index (χ3n) is 3.38. The van der Waals surface area contributed by atoms with Crippen molar-refractivity contribution < 1.29 is 19.0 Å². The highest BCUT2D eigenvalue weighted by atomic mass is 127. The molecule has 2 aromatic rings. The number of carbonyl (C=O) groups is 1. The fourth-order valence-corrected chi connectivity index (χ4v) is 2.89. The molecule has 0 bridgehead atoms. The van der Waals surface area contributed by atoms with Gasteiger partial charge in [0.1, 0.15) is 27.6 Å². The Bertz CT molecular complexity index is 714. The van der Waals surface area contributed by atoms with Crippen LogP contribution in [0.15, 0.2) is 24.4 Å². The maximum atomic E-state index is 11.4. The van der Waals surface area contributed by atoms with E-state index in [0.717, 1.165) is 21.6 Å². The Morgan fingerprint density at radius 2 is 2.32 bits per heavy atom. The third kappa shape index (κ3) is 2.90. The molecule has 0 amide bonds. The van der Waals surface area contributed by atoms with Crippen LogP contribution in [0, 0.1) is 3.70 Å². The van der Waals surface area contributed by atoms with Gasteiger partial charge in [-0.2, -0.15) is 0 Å². The molecule has 1 aromatic carbocycles. The fourth-order valence-electron chi connectivity index (χ4n) is 2.32. The van der Waals surface area contributed by atoms with Crippen LogP contribution < -0.4 is 9.47 Å². The van der Waals surface area contributed by atoms with Crippen molar-refractivity contribution in [2.45, 2.75) is 19.6 Å². The number of ether oxygens (including phenoxy) is 3. The molecule has 2 heterocycles. The van der Waals surface area contributed by atoms with E-state index >= 15 is 0 Å². The summed E-state index contributed by atoms with van der Waals surface area (Å²) in [6.07, 6.45) is 1.33. The lowest BCUT2D eigenvalue weighted by Gasteiger charge is -2.14. The minimum atomic E-state index is -0.670. The molecule has 1 atom stereocenters. The Morgan fingerprint density at radius 3 is 3.09 bits per heavy atom. The van der Waals surface area contributed by atoms with Gasteiger partial charge in [0.15, 0.2) is 6.10 Å². The lowest BCUT2D eigenvalue weighted by atomic mass is 10.2. The van der Waals surface area contributed by atoms with Crippen LogP contribution in [-0.2, 0) is 16.1 Å². The molecule has 1 aromatic heterocycles. The van der Waals surface area contributed by atoms with Crippen molar-refractivity contribution in [1.29, 1.82) is 0 Å². The van der Waals surface area contributed by atoms with Gasteiger partial charge < -0.3 is 18.8 Å². The molecule has 22 heavy (non-hydrogen) atoms. The Labute approximate surface area is 141 Å². The third-order valence-corrected chi connectivity index (χ3v) is 3.90. The van der Waals surface area contributed by atoms with E-state index in [2.05, 4.69) is 36.9 Å². The van der Waals surface area contributed by atoms with Gasteiger partial charge in [-0.1, -0.05) is 0 Å². The van der Waals surface area contributed by atoms with Gasteiger partial charge in [-0.05, 0) is 41.6 Å². The van der Waals surface area contributed by atoms with E-state index in [-0.39, 0.29) is 0 Å². The molecule has 7 heteroatoms. The highest BCUT2D eigenvalue weighted by Gasteiger charge is 2.20. The Kier molecular flexibility index (Phi) is 4.23. The van der Waals surface area contributed by atoms with Gasteiger partial charge in [0, 0.05) is 12.3 Å². The van der Waals surface area contributed by atoms with Gasteiger partial charge >= 0.3 is 5.97 Å². The summed E-state index contributed by atoms with van der Waals surface area (Å²) in [5, 5.41) is 0. The summed E-state index contributed by atoms with van der Waals surface area (Å²) < 4.78 is 19.0. The molecule has 6 nitrogen and oxygen atoms in total. The minimum absolute atomic E-state index is 0.416. The van der Waals surface area contributed by atoms with E-state index in [0.29, 0.717) is 18.1 Å². The van der Waals surface area contributed by atoms with Crippen molar-refractivity contribution in [3.8, 4) is 22.9 Å². The molecular formula is C15H15IN2O4. The van der Waals surface area contributed by atoms with Crippen molar-refractivity contribution in [3.63, 3.8) is 0 Å². The first-order valence-corrected chi connectivity index (χ1v) is 7.90. The number of methoxy groups -OCH3 is 1. The Balaban J connectivity index is 1.91. The van der Waals surface area contributed by atoms with Crippen molar-refractivity contribution in [2.75, 3.05) is 13.7 Å². The number of fused-ring (bicyclic) bond motifs is 3. The molecule has 0 radical (unpaired) electrons. The number of imidazole rings is 1. The maximum absolute atomic E-state index is 11.4. The first-order valence-electron chi connectivity index (χ1n) is 6.83. The predicted octanol–water partition coefficient (Wildman–Crippen LogP) is 2.49. The second-order valence-electron chi connectivity index (χ2n) is 4.87. The van der Waals surface area contributed by atoms with Crippen LogP contribution in [0.3, 0.4) is 0 Å². The second-order valence-corrected chi connectivity index (χ2v) is 5.98. The summed E-state index contributed by atoms with van der Waals surface area (Å²) in [6, 6.07) is 5.49. The summed E-state index contributed by atoms with van der Waals surface area (Å²) >= 11 is 2.20. The number of esters is 1. The number of nitrogens with zero attached hydrogens (tertiary/aromatic N) is 2. The van der Waals surface area contributed by atoms with Crippen LogP contribution in [-0.4, -0.2) is 35.3 Å². The van der Waals surface area contributed by atoms with Crippen LogP contribution >= 0.6 is 22.6 Å². The van der Waals surface area contributed by atoms with E-state index in [4.69, 9.17) is 9.47 Å². The lowest BCUT2D eigenvalue weighted by Crippen LogP contribution is -2.24. The molecule has 0 fully saturated rings. The van der Waals surface area contributed by atoms with Gasteiger partial charge in [0.05, 0.1) is 19.2 Å². The molecule has 1 aliphatic heterocycles. The quantitative estimate of drug-likeness (QED) is 0.571. The van der Waals surface area contributed by atoms with Crippen LogP contribution in [0.5, 0.6) is 11.5 Å². The molecule has 0 spiro atoms. The first kappa shape index (κ1) is 15.1. The Morgan fingerprint density at radius 1 is 1.50 bits per heavy atom. The number of benzene rings is 1. The van der Waals surface area contributed by atoms with Gasteiger partial charge in [0.25, 0.3) is 0 Å². The number of halogens is 1. The van der Waals surface area contributed by atoms with E-state index in [1.54, 1.807) is 19.1 Å². The number of aromatic nitrogens is 2. The molecule has 0 aliphatic carbocycles. The van der Waals surface area contributed by atoms with Gasteiger partial charge in [-0.25, -0.2) is 9.78 Å². The molecule has 1 aliphatic rings. The lowest BCUT2D eigenvalue weighted by molar-refractivity contribution is -0.147. The molecule has 116 valence electrons. The van der Waals surface area contributed by atoms with Crippen LogP contribution in [0.4, 0.5) is 0 Å². The summed E-state index contributed by atoms with van der Waals surface area (Å²) in [6.45, 7) is 2.95. The monoisotopic (exact) mass is 414 g/mol. The number of hydrogen-bond donors (Lipinski definition) is 0. The van der Waals surface area contributed by atoms with Crippen LogP contribution in [0.25, 0.3) is 11.4 Å². The fraction of sp³-hybridized carbons (Fsp3) is 0.333. The van der Waals surface area contributed by atoms with Crippen molar-refractivity contribution in [2.24, 2.45) is 0 Å².